The van der Waals surface area contributed by atoms with Crippen LogP contribution in [0.15, 0.2) is 58.1 Å². The Morgan fingerprint density at radius 3 is 2.41 bits per heavy atom. The minimum Gasteiger partial charge on any atom is -0.481 e. The van der Waals surface area contributed by atoms with Crippen molar-refractivity contribution in [1.82, 2.24) is 24.0 Å². The Labute approximate surface area is 315 Å². The molecule has 54 heavy (non-hydrogen) atoms. The van der Waals surface area contributed by atoms with Crippen molar-refractivity contribution < 1.29 is 23.0 Å². The highest BCUT2D eigenvalue weighted by molar-refractivity contribution is 6.36. The van der Waals surface area contributed by atoms with Crippen LogP contribution in [0, 0.1) is 12.8 Å². The smallest absolute Gasteiger partial charge is 0.330 e. The van der Waals surface area contributed by atoms with Gasteiger partial charge in [-0.25, -0.2) is 23.5 Å². The summed E-state index contributed by atoms with van der Waals surface area (Å²) in [5.74, 6) is 0.278. The number of fused-ring (bicyclic) bond motifs is 2. The molecule has 0 amide bonds. The molecular formula is C40H41ClF2N6O5. The second kappa shape index (κ2) is 14.9. The first-order chi connectivity index (χ1) is 25.9. The summed E-state index contributed by atoms with van der Waals surface area (Å²) in [6.07, 6.45) is 0.342. The highest BCUT2D eigenvalue weighted by atomic mass is 35.5. The molecule has 7 rings (SSSR count). The van der Waals surface area contributed by atoms with Gasteiger partial charge in [0.2, 0.25) is 5.88 Å². The van der Waals surface area contributed by atoms with Gasteiger partial charge in [-0.2, -0.15) is 0 Å². The number of alkyl halides is 2. The zero-order valence-corrected chi connectivity index (χ0v) is 31.5. The van der Waals surface area contributed by atoms with Crippen LogP contribution in [0.1, 0.15) is 61.0 Å². The number of carbonyl (C=O) groups excluding carboxylic acids is 1. The summed E-state index contributed by atoms with van der Waals surface area (Å²) >= 11 is 7.21. The van der Waals surface area contributed by atoms with Gasteiger partial charge < -0.3 is 14.8 Å². The standard InChI is InChI=1S/C40H41ClF2N6O5/c1-6-54-39(51)22-15-17-49(18-16-22)30-14-13-23-19-28(46-37(53-5)32(23)30)26-11-7-10-25(34(26)41)24-9-8-12-27(21(24)2)44-36-33-31(20-29(45-36)35(42)43)47(3)40(52)48(4)38(33)50/h7-12,19-20,22,30,35H,6,13-18H2,1-5H3,(H,44,45)/t30-/m0/s1. The molecule has 0 bridgehead atoms. The van der Waals surface area contributed by atoms with Crippen molar-refractivity contribution >= 4 is 40.0 Å². The molecule has 0 spiro atoms. The number of pyridine rings is 2. The highest BCUT2D eigenvalue weighted by Gasteiger charge is 2.36. The molecule has 2 aromatic carbocycles. The molecule has 1 atom stereocenters. The maximum atomic E-state index is 14.0. The van der Waals surface area contributed by atoms with E-state index in [1.54, 1.807) is 19.2 Å². The highest BCUT2D eigenvalue weighted by Crippen LogP contribution is 2.46. The number of nitrogens with zero attached hydrogens (tertiary/aromatic N) is 5. The number of likely N-dealkylation sites (tertiary alicyclic amines) is 1. The van der Waals surface area contributed by atoms with E-state index in [1.165, 1.54) is 14.1 Å². The largest absolute Gasteiger partial charge is 0.481 e. The van der Waals surface area contributed by atoms with E-state index in [1.807, 2.05) is 38.1 Å². The van der Waals surface area contributed by atoms with Crippen molar-refractivity contribution in [2.24, 2.45) is 20.0 Å². The van der Waals surface area contributed by atoms with Gasteiger partial charge in [0.1, 0.15) is 16.9 Å². The Morgan fingerprint density at radius 1 is 1.00 bits per heavy atom. The first-order valence-electron chi connectivity index (χ1n) is 18.0. The molecule has 1 N–H and O–H groups in total. The van der Waals surface area contributed by atoms with Gasteiger partial charge in [0.25, 0.3) is 12.0 Å². The first-order valence-corrected chi connectivity index (χ1v) is 18.3. The van der Waals surface area contributed by atoms with E-state index in [0.717, 1.165) is 81.8 Å². The van der Waals surface area contributed by atoms with Gasteiger partial charge in [-0.05, 0) is 87.5 Å². The Balaban J connectivity index is 1.22. The van der Waals surface area contributed by atoms with Crippen molar-refractivity contribution in [2.75, 3.05) is 32.1 Å². The van der Waals surface area contributed by atoms with E-state index < -0.39 is 23.4 Å². The lowest BCUT2D eigenvalue weighted by Crippen LogP contribution is -2.38. The summed E-state index contributed by atoms with van der Waals surface area (Å²) in [7, 11) is 4.38. The molecule has 0 unspecified atom stereocenters. The number of piperidine rings is 1. The lowest BCUT2D eigenvalue weighted by atomic mass is 9.94. The van der Waals surface area contributed by atoms with Crippen LogP contribution in [0.25, 0.3) is 33.3 Å². The Hall–Kier alpha value is -5.14. The molecular weight excluding hydrogens is 718 g/mol. The summed E-state index contributed by atoms with van der Waals surface area (Å²) in [4.78, 5) is 49.8. The van der Waals surface area contributed by atoms with Crippen LogP contribution in [0.2, 0.25) is 5.02 Å². The zero-order valence-electron chi connectivity index (χ0n) is 30.7. The maximum Gasteiger partial charge on any atom is 0.330 e. The number of nitrogens with one attached hydrogen (secondary N) is 1. The molecule has 2 aliphatic rings. The Morgan fingerprint density at radius 2 is 1.70 bits per heavy atom. The van der Waals surface area contributed by atoms with E-state index >= 15 is 0 Å². The summed E-state index contributed by atoms with van der Waals surface area (Å²) < 4.78 is 41.2. The fourth-order valence-electron chi connectivity index (χ4n) is 7.89. The average molecular weight is 759 g/mol. The number of carbonyl (C=O) groups is 1. The molecule has 11 nitrogen and oxygen atoms in total. The van der Waals surface area contributed by atoms with E-state index in [-0.39, 0.29) is 34.6 Å². The van der Waals surface area contributed by atoms with E-state index in [9.17, 15) is 23.2 Å². The third-order valence-electron chi connectivity index (χ3n) is 10.8. The molecule has 3 aromatic heterocycles. The quantitative estimate of drug-likeness (QED) is 0.155. The number of methoxy groups -OCH3 is 1. The molecule has 5 aromatic rings. The minimum absolute atomic E-state index is 0.00820. The molecule has 0 saturated carbocycles. The number of aryl methyl sites for hydroxylation is 2. The SMILES string of the molecule is CCOC(=O)C1CCN([C@H]2CCc3cc(-c4cccc(-c5cccc(Nc6nc(C(F)F)cc7c6c(=O)n(C)c(=O)n7C)c5C)c4Cl)nc(OC)c32)CC1. The number of halogens is 3. The van der Waals surface area contributed by atoms with Crippen molar-refractivity contribution in [3.05, 3.63) is 96.8 Å². The summed E-state index contributed by atoms with van der Waals surface area (Å²) in [6, 6.07) is 14.5. The Bertz CT molecular complexity index is 2410. The predicted octanol–water partition coefficient (Wildman–Crippen LogP) is 7.28. The summed E-state index contributed by atoms with van der Waals surface area (Å²) in [6.45, 7) is 5.66. The van der Waals surface area contributed by atoms with Crippen LogP contribution < -0.4 is 21.3 Å². The second-order valence-corrected chi connectivity index (χ2v) is 14.2. The fraction of sp³-hybridized carbons (Fsp3) is 0.375. The molecule has 1 aliphatic carbocycles. The van der Waals surface area contributed by atoms with Crippen molar-refractivity contribution in [3.8, 4) is 28.3 Å². The number of hydrogen-bond acceptors (Lipinski definition) is 9. The van der Waals surface area contributed by atoms with Crippen LogP contribution >= 0.6 is 11.6 Å². The van der Waals surface area contributed by atoms with Gasteiger partial charge in [-0.1, -0.05) is 41.9 Å². The van der Waals surface area contributed by atoms with Crippen LogP contribution in [-0.2, 0) is 30.0 Å². The Kier molecular flexibility index (Phi) is 10.3. The zero-order chi connectivity index (χ0) is 38.4. The molecule has 1 aliphatic heterocycles. The van der Waals surface area contributed by atoms with E-state index in [4.69, 9.17) is 26.1 Å². The van der Waals surface area contributed by atoms with Crippen molar-refractivity contribution in [1.29, 1.82) is 0 Å². The van der Waals surface area contributed by atoms with Gasteiger partial charge >= 0.3 is 11.7 Å². The fourth-order valence-corrected chi connectivity index (χ4v) is 8.21. The number of ether oxygens (including phenoxy) is 2. The van der Waals surface area contributed by atoms with Crippen molar-refractivity contribution in [3.63, 3.8) is 0 Å². The van der Waals surface area contributed by atoms with Crippen LogP contribution in [0.3, 0.4) is 0 Å². The lowest BCUT2D eigenvalue weighted by Gasteiger charge is -2.35. The maximum absolute atomic E-state index is 14.0. The molecule has 1 saturated heterocycles. The van der Waals surface area contributed by atoms with Crippen LogP contribution in [0.4, 0.5) is 20.3 Å². The lowest BCUT2D eigenvalue weighted by molar-refractivity contribution is -0.149. The van der Waals surface area contributed by atoms with Gasteiger partial charge in [-0.15, -0.1) is 0 Å². The summed E-state index contributed by atoms with van der Waals surface area (Å²) in [5.41, 5.74) is 4.51. The van der Waals surface area contributed by atoms with Gasteiger partial charge in [0.05, 0.1) is 35.9 Å². The number of aromatic nitrogens is 4. The second-order valence-electron chi connectivity index (χ2n) is 13.8. The summed E-state index contributed by atoms with van der Waals surface area (Å²) in [5, 5.41) is 3.59. The van der Waals surface area contributed by atoms with Gasteiger partial charge in [-0.3, -0.25) is 23.6 Å². The first kappa shape index (κ1) is 37.2. The molecule has 14 heteroatoms. The number of anilines is 2. The third kappa shape index (κ3) is 6.53. The van der Waals surface area contributed by atoms with Crippen LogP contribution in [0.5, 0.6) is 5.88 Å². The normalized spacial score (nSPS) is 16.2. The topological polar surface area (TPSA) is 121 Å². The number of esters is 1. The predicted molar refractivity (Wildman–Crippen MR) is 204 cm³/mol. The van der Waals surface area contributed by atoms with E-state index in [2.05, 4.69) is 21.3 Å². The van der Waals surface area contributed by atoms with Crippen molar-refractivity contribution in [2.45, 2.75) is 52.0 Å². The molecule has 282 valence electrons. The number of hydrogen-bond donors (Lipinski definition) is 1. The minimum atomic E-state index is -2.93. The number of benzene rings is 2. The number of rotatable bonds is 9. The average Bonchev–Trinajstić information content (AvgIpc) is 3.61. The third-order valence-corrected chi connectivity index (χ3v) is 11.2. The molecule has 0 radical (unpaired) electrons. The van der Waals surface area contributed by atoms with Gasteiger partial charge in [0.15, 0.2) is 0 Å². The molecule has 1 fully saturated rings. The molecule has 4 heterocycles. The van der Waals surface area contributed by atoms with E-state index in [0.29, 0.717) is 34.5 Å². The monoisotopic (exact) mass is 758 g/mol. The van der Waals surface area contributed by atoms with Gasteiger partial charge in [0, 0.05) is 42.5 Å². The van der Waals surface area contributed by atoms with Crippen LogP contribution in [-0.4, -0.2) is 56.8 Å².